The molecule has 2 amide bonds. The van der Waals surface area contributed by atoms with Crippen LogP contribution in [0.4, 0.5) is 5.82 Å². The number of anilines is 1. The van der Waals surface area contributed by atoms with Crippen LogP contribution in [0.15, 0.2) is 30.7 Å². The lowest BCUT2D eigenvalue weighted by Gasteiger charge is -2.13. The molecule has 174 valence electrons. The fourth-order valence-corrected chi connectivity index (χ4v) is 4.13. The normalized spacial score (nSPS) is 14.4. The number of fused-ring (bicyclic) bond motifs is 1. The summed E-state index contributed by atoms with van der Waals surface area (Å²) in [7, 11) is 3.46. The summed E-state index contributed by atoms with van der Waals surface area (Å²) in [5.74, 6) is 0.807. The average molecular weight is 459 g/mol. The van der Waals surface area contributed by atoms with Crippen molar-refractivity contribution >= 4 is 29.3 Å². The van der Waals surface area contributed by atoms with Crippen LogP contribution in [0.5, 0.6) is 5.88 Å². The molecule has 34 heavy (non-hydrogen) atoms. The summed E-state index contributed by atoms with van der Waals surface area (Å²) in [6.07, 6.45) is 9.41. The molecule has 3 aromatic rings. The Hall–Kier alpha value is -4.01. The second-order valence-electron chi connectivity index (χ2n) is 8.49. The van der Waals surface area contributed by atoms with Gasteiger partial charge in [0.1, 0.15) is 5.82 Å². The Kier molecular flexibility index (Phi) is 5.61. The first-order valence-corrected chi connectivity index (χ1v) is 11.4. The molecule has 9 heteroatoms. The fraction of sp³-hybridized carbons (Fsp3) is 0.320. The Morgan fingerprint density at radius 1 is 1.24 bits per heavy atom. The second-order valence-corrected chi connectivity index (χ2v) is 8.49. The van der Waals surface area contributed by atoms with Crippen molar-refractivity contribution < 1.29 is 14.3 Å². The fourth-order valence-electron chi connectivity index (χ4n) is 4.13. The molecule has 1 fully saturated rings. The summed E-state index contributed by atoms with van der Waals surface area (Å²) >= 11 is 0. The van der Waals surface area contributed by atoms with Gasteiger partial charge in [0.2, 0.25) is 11.8 Å². The third kappa shape index (κ3) is 4.05. The van der Waals surface area contributed by atoms with Crippen molar-refractivity contribution in [3.63, 3.8) is 0 Å². The molecule has 9 nitrogen and oxygen atoms in total. The molecular weight excluding hydrogens is 432 g/mol. The SMILES string of the molecule is CCOc1ncc(-c2ccn(C)n2)cc1C1=Cc2c(C(=O)NC)cnc(NC(=O)C3CC3)c2C1. The second kappa shape index (κ2) is 8.74. The minimum Gasteiger partial charge on any atom is -0.478 e. The van der Waals surface area contributed by atoms with E-state index in [4.69, 9.17) is 4.74 Å². The van der Waals surface area contributed by atoms with E-state index in [1.807, 2.05) is 38.4 Å². The topological polar surface area (TPSA) is 111 Å². The Morgan fingerprint density at radius 2 is 2.06 bits per heavy atom. The van der Waals surface area contributed by atoms with E-state index in [9.17, 15) is 9.59 Å². The molecule has 0 aromatic carbocycles. The number of rotatable bonds is 7. The number of pyridine rings is 2. The first-order valence-electron chi connectivity index (χ1n) is 11.4. The maximum absolute atomic E-state index is 12.6. The minimum atomic E-state index is -0.230. The average Bonchev–Trinajstić information content (AvgIpc) is 3.46. The van der Waals surface area contributed by atoms with Gasteiger partial charge in [-0.15, -0.1) is 0 Å². The first-order chi connectivity index (χ1) is 16.5. The van der Waals surface area contributed by atoms with Crippen LogP contribution < -0.4 is 15.4 Å². The maximum Gasteiger partial charge on any atom is 0.253 e. The van der Waals surface area contributed by atoms with E-state index in [-0.39, 0.29) is 17.7 Å². The van der Waals surface area contributed by atoms with E-state index in [1.165, 1.54) is 6.20 Å². The summed E-state index contributed by atoms with van der Waals surface area (Å²) in [5.41, 5.74) is 5.45. The zero-order valence-electron chi connectivity index (χ0n) is 19.4. The molecule has 0 aliphatic heterocycles. The molecule has 3 aromatic heterocycles. The van der Waals surface area contributed by atoms with E-state index >= 15 is 0 Å². The van der Waals surface area contributed by atoms with Gasteiger partial charge in [0, 0.05) is 61.7 Å². The number of nitrogens with one attached hydrogen (secondary N) is 2. The van der Waals surface area contributed by atoms with Gasteiger partial charge in [-0.1, -0.05) is 0 Å². The number of nitrogens with zero attached hydrogens (tertiary/aromatic N) is 4. The van der Waals surface area contributed by atoms with Crippen molar-refractivity contribution in [1.82, 2.24) is 25.1 Å². The molecule has 0 unspecified atom stereocenters. The van der Waals surface area contributed by atoms with Crippen LogP contribution >= 0.6 is 0 Å². The molecule has 1 saturated carbocycles. The Balaban J connectivity index is 1.58. The third-order valence-corrected chi connectivity index (χ3v) is 6.06. The summed E-state index contributed by atoms with van der Waals surface area (Å²) < 4.78 is 7.58. The van der Waals surface area contributed by atoms with Gasteiger partial charge >= 0.3 is 0 Å². The quantitative estimate of drug-likeness (QED) is 0.563. The molecule has 0 atom stereocenters. The highest BCUT2D eigenvalue weighted by molar-refractivity contribution is 6.05. The number of carbonyl (C=O) groups is 2. The summed E-state index contributed by atoms with van der Waals surface area (Å²) in [4.78, 5) is 34.0. The minimum absolute atomic E-state index is 0.0235. The van der Waals surface area contributed by atoms with Gasteiger partial charge < -0.3 is 15.4 Å². The third-order valence-electron chi connectivity index (χ3n) is 6.06. The highest BCUT2D eigenvalue weighted by Crippen LogP contribution is 2.41. The largest absolute Gasteiger partial charge is 0.478 e. The van der Waals surface area contributed by atoms with Gasteiger partial charge in [-0.2, -0.15) is 5.10 Å². The van der Waals surface area contributed by atoms with E-state index in [0.717, 1.165) is 46.4 Å². The number of hydrogen-bond acceptors (Lipinski definition) is 6. The van der Waals surface area contributed by atoms with Crippen LogP contribution in [0.25, 0.3) is 22.9 Å². The number of amides is 2. The van der Waals surface area contributed by atoms with Crippen LogP contribution in [0, 0.1) is 5.92 Å². The molecule has 2 aliphatic carbocycles. The van der Waals surface area contributed by atoms with Crippen LogP contribution in [0.3, 0.4) is 0 Å². The highest BCUT2D eigenvalue weighted by Gasteiger charge is 2.32. The standard InChI is InChI=1S/C25H26N6O3/c1-4-34-25-17(11-16(12-28-25)21-7-8-31(3)30-21)15-9-18-19(10-15)22(29-23(32)14-5-6-14)27-13-20(18)24(33)26-2/h7-9,11-14H,4-6,10H2,1-3H3,(H,26,33)(H,27,29,32). The number of carbonyl (C=O) groups excluding carboxylic acids is 2. The predicted molar refractivity (Wildman–Crippen MR) is 128 cm³/mol. The molecule has 0 spiro atoms. The van der Waals surface area contributed by atoms with Crippen molar-refractivity contribution in [3.05, 3.63) is 53.0 Å². The monoisotopic (exact) mass is 458 g/mol. The lowest BCUT2D eigenvalue weighted by atomic mass is 10.0. The Morgan fingerprint density at radius 3 is 2.74 bits per heavy atom. The smallest absolute Gasteiger partial charge is 0.253 e. The number of allylic oxidation sites excluding steroid dienone is 1. The van der Waals surface area contributed by atoms with E-state index < -0.39 is 0 Å². The highest BCUT2D eigenvalue weighted by atomic mass is 16.5. The van der Waals surface area contributed by atoms with Crippen molar-refractivity contribution in [3.8, 4) is 17.1 Å². The molecule has 5 rings (SSSR count). The van der Waals surface area contributed by atoms with Gasteiger partial charge in [-0.05, 0) is 49.1 Å². The summed E-state index contributed by atoms with van der Waals surface area (Å²) in [6.45, 7) is 2.38. The van der Waals surface area contributed by atoms with E-state index in [2.05, 4.69) is 25.7 Å². The lowest BCUT2D eigenvalue weighted by Crippen LogP contribution is -2.21. The molecule has 3 heterocycles. The van der Waals surface area contributed by atoms with Crippen LogP contribution in [-0.4, -0.2) is 45.2 Å². The van der Waals surface area contributed by atoms with E-state index in [0.29, 0.717) is 30.3 Å². The van der Waals surface area contributed by atoms with Crippen LogP contribution in [-0.2, 0) is 18.3 Å². The molecule has 0 radical (unpaired) electrons. The van der Waals surface area contributed by atoms with Gasteiger partial charge in [0.15, 0.2) is 0 Å². The van der Waals surface area contributed by atoms with Crippen molar-refractivity contribution in [2.24, 2.45) is 13.0 Å². The molecule has 2 aliphatic rings. The van der Waals surface area contributed by atoms with Gasteiger partial charge in [-0.25, -0.2) is 9.97 Å². The lowest BCUT2D eigenvalue weighted by molar-refractivity contribution is -0.117. The maximum atomic E-state index is 12.6. The zero-order chi connectivity index (χ0) is 23.8. The molecule has 2 N–H and O–H groups in total. The number of aryl methyl sites for hydroxylation is 1. The van der Waals surface area contributed by atoms with Gasteiger partial charge in [-0.3, -0.25) is 14.3 Å². The molecule has 0 bridgehead atoms. The number of ether oxygens (including phenoxy) is 1. The molecule has 0 saturated heterocycles. The zero-order valence-corrected chi connectivity index (χ0v) is 19.4. The first kappa shape index (κ1) is 21.8. The van der Waals surface area contributed by atoms with Crippen LogP contribution in [0.2, 0.25) is 0 Å². The summed E-state index contributed by atoms with van der Waals surface area (Å²) in [6, 6.07) is 3.94. The van der Waals surface area contributed by atoms with Gasteiger partial charge in [0.05, 0.1) is 17.9 Å². The number of hydrogen-bond donors (Lipinski definition) is 2. The van der Waals surface area contributed by atoms with Crippen molar-refractivity contribution in [2.75, 3.05) is 19.0 Å². The Labute approximate surface area is 197 Å². The predicted octanol–water partition coefficient (Wildman–Crippen LogP) is 3.08. The van der Waals surface area contributed by atoms with Crippen LogP contribution in [0.1, 0.15) is 46.8 Å². The molecular formula is C25H26N6O3. The van der Waals surface area contributed by atoms with Crippen molar-refractivity contribution in [1.29, 1.82) is 0 Å². The Bertz CT molecular complexity index is 1320. The van der Waals surface area contributed by atoms with Crippen molar-refractivity contribution in [2.45, 2.75) is 26.2 Å². The van der Waals surface area contributed by atoms with E-state index in [1.54, 1.807) is 17.9 Å². The van der Waals surface area contributed by atoms with Gasteiger partial charge in [0.25, 0.3) is 5.91 Å². The number of aromatic nitrogens is 4. The summed E-state index contributed by atoms with van der Waals surface area (Å²) in [5, 5.41) is 10.1.